The van der Waals surface area contributed by atoms with E-state index in [0.29, 0.717) is 16.5 Å². The Labute approximate surface area is 167 Å². The fraction of sp³-hybridized carbons (Fsp3) is 0.409. The van der Waals surface area contributed by atoms with Crippen LogP contribution in [0.15, 0.2) is 41.4 Å². The Morgan fingerprint density at radius 1 is 1.11 bits per heavy atom. The summed E-state index contributed by atoms with van der Waals surface area (Å²) in [5.41, 5.74) is 2.96. The molecule has 0 aliphatic rings. The zero-order valence-corrected chi connectivity index (χ0v) is 17.6. The van der Waals surface area contributed by atoms with Crippen molar-refractivity contribution < 1.29 is 9.47 Å². The highest BCUT2D eigenvalue weighted by Crippen LogP contribution is 2.37. The quantitative estimate of drug-likeness (QED) is 0.485. The Kier molecular flexibility index (Phi) is 7.99. The normalized spacial score (nSPS) is 12.2. The van der Waals surface area contributed by atoms with E-state index < -0.39 is 0 Å². The first-order valence-electron chi connectivity index (χ1n) is 9.45. The van der Waals surface area contributed by atoms with E-state index in [1.807, 2.05) is 31.2 Å². The lowest BCUT2D eigenvalue weighted by Gasteiger charge is -2.20. The summed E-state index contributed by atoms with van der Waals surface area (Å²) in [6.45, 7) is 10.4. The molecule has 0 saturated heterocycles. The molecule has 27 heavy (non-hydrogen) atoms. The van der Waals surface area contributed by atoms with Gasteiger partial charge in [0.1, 0.15) is 0 Å². The molecular formula is C22H29ClN2O2. The fourth-order valence-corrected chi connectivity index (χ4v) is 2.96. The summed E-state index contributed by atoms with van der Waals surface area (Å²) in [6, 6.07) is 12.0. The number of rotatable bonds is 9. The van der Waals surface area contributed by atoms with Gasteiger partial charge in [0.15, 0.2) is 11.5 Å². The van der Waals surface area contributed by atoms with E-state index in [0.717, 1.165) is 30.8 Å². The molecule has 0 N–H and O–H groups in total. The molecule has 0 bridgehead atoms. The van der Waals surface area contributed by atoms with E-state index in [9.17, 15) is 0 Å². The van der Waals surface area contributed by atoms with Crippen molar-refractivity contribution in [2.24, 2.45) is 4.99 Å². The molecule has 1 atom stereocenters. The maximum absolute atomic E-state index is 6.41. The molecule has 2 rings (SSSR count). The van der Waals surface area contributed by atoms with Gasteiger partial charge in [-0.1, -0.05) is 18.5 Å². The minimum absolute atomic E-state index is 0.0697. The van der Waals surface area contributed by atoms with Gasteiger partial charge in [0.05, 0.1) is 23.9 Å². The number of hydrogen-bond acceptors (Lipinski definition) is 4. The summed E-state index contributed by atoms with van der Waals surface area (Å²) in [4.78, 5) is 6.85. The SMILES string of the molecule is CC[C@H](C)Oc1c(Cl)cc(C=Nc2ccc(N(CC)CC)cc2)cc1OC. The standard InChI is InChI=1S/C22H29ClN2O2/c1-6-16(4)27-22-20(23)13-17(14-21(22)26-5)15-24-18-9-11-19(12-10-18)25(7-2)8-3/h9-16H,6-8H2,1-5H3/t16-/m0/s1. The molecule has 0 aliphatic heterocycles. The third-order valence-corrected chi connectivity index (χ3v) is 4.77. The van der Waals surface area contributed by atoms with Crippen molar-refractivity contribution in [3.05, 3.63) is 47.0 Å². The van der Waals surface area contributed by atoms with Gasteiger partial charge in [0, 0.05) is 25.0 Å². The average Bonchev–Trinajstić information content (AvgIpc) is 2.69. The topological polar surface area (TPSA) is 34.1 Å². The van der Waals surface area contributed by atoms with Crippen molar-refractivity contribution in [1.29, 1.82) is 0 Å². The van der Waals surface area contributed by atoms with Gasteiger partial charge in [-0.2, -0.15) is 0 Å². The summed E-state index contributed by atoms with van der Waals surface area (Å²) in [5, 5.41) is 0.521. The van der Waals surface area contributed by atoms with Gasteiger partial charge in [0.25, 0.3) is 0 Å². The molecule has 0 unspecified atom stereocenters. The predicted molar refractivity (Wildman–Crippen MR) is 116 cm³/mol. The van der Waals surface area contributed by atoms with Gasteiger partial charge in [-0.15, -0.1) is 0 Å². The molecular weight excluding hydrogens is 360 g/mol. The molecule has 0 aliphatic carbocycles. The molecule has 0 spiro atoms. The second-order valence-corrected chi connectivity index (χ2v) is 6.72. The van der Waals surface area contributed by atoms with Gasteiger partial charge in [0.2, 0.25) is 0 Å². The summed E-state index contributed by atoms with van der Waals surface area (Å²) < 4.78 is 11.3. The molecule has 0 amide bonds. The Morgan fingerprint density at radius 2 is 1.78 bits per heavy atom. The average molecular weight is 389 g/mol. The highest BCUT2D eigenvalue weighted by molar-refractivity contribution is 6.32. The lowest BCUT2D eigenvalue weighted by Crippen LogP contribution is -2.21. The van der Waals surface area contributed by atoms with E-state index in [2.05, 4.69) is 42.8 Å². The van der Waals surface area contributed by atoms with E-state index >= 15 is 0 Å². The van der Waals surface area contributed by atoms with E-state index in [4.69, 9.17) is 21.1 Å². The van der Waals surface area contributed by atoms with Crippen LogP contribution in [0.25, 0.3) is 0 Å². The highest BCUT2D eigenvalue weighted by atomic mass is 35.5. The minimum atomic E-state index is 0.0697. The Hall–Kier alpha value is -2.20. The predicted octanol–water partition coefficient (Wildman–Crippen LogP) is 6.12. The molecule has 146 valence electrons. The molecule has 0 radical (unpaired) electrons. The first-order chi connectivity index (χ1) is 13.0. The van der Waals surface area contributed by atoms with Crippen LogP contribution < -0.4 is 14.4 Å². The second-order valence-electron chi connectivity index (χ2n) is 6.32. The van der Waals surface area contributed by atoms with E-state index in [1.165, 1.54) is 5.69 Å². The molecule has 0 heterocycles. The number of halogens is 1. The zero-order valence-electron chi connectivity index (χ0n) is 16.8. The number of benzene rings is 2. The largest absolute Gasteiger partial charge is 0.493 e. The summed E-state index contributed by atoms with van der Waals surface area (Å²) in [7, 11) is 1.61. The Balaban J connectivity index is 2.20. The van der Waals surface area contributed by atoms with Gasteiger partial charge in [-0.3, -0.25) is 4.99 Å². The molecule has 2 aromatic carbocycles. The lowest BCUT2D eigenvalue weighted by atomic mass is 10.2. The van der Waals surface area contributed by atoms with Crippen LogP contribution in [-0.2, 0) is 0 Å². The first-order valence-corrected chi connectivity index (χ1v) is 9.83. The third kappa shape index (κ3) is 5.64. The highest BCUT2D eigenvalue weighted by Gasteiger charge is 2.14. The molecule has 2 aromatic rings. The number of nitrogens with zero attached hydrogens (tertiary/aromatic N) is 2. The summed E-state index contributed by atoms with van der Waals surface area (Å²) >= 11 is 6.41. The van der Waals surface area contributed by atoms with Crippen LogP contribution in [0, 0.1) is 0 Å². The monoisotopic (exact) mass is 388 g/mol. The molecule has 0 fully saturated rings. The summed E-state index contributed by atoms with van der Waals surface area (Å²) in [5.74, 6) is 1.19. The third-order valence-electron chi connectivity index (χ3n) is 4.49. The van der Waals surface area contributed by atoms with Gasteiger partial charge in [-0.05, 0) is 69.2 Å². The Bertz CT molecular complexity index is 756. The van der Waals surface area contributed by atoms with Crippen molar-refractivity contribution in [2.75, 3.05) is 25.1 Å². The number of hydrogen-bond donors (Lipinski definition) is 0. The number of aliphatic imine (C=N–C) groups is 1. The maximum Gasteiger partial charge on any atom is 0.180 e. The van der Waals surface area contributed by atoms with Gasteiger partial charge in [-0.25, -0.2) is 0 Å². The van der Waals surface area contributed by atoms with Crippen molar-refractivity contribution in [3.63, 3.8) is 0 Å². The lowest BCUT2D eigenvalue weighted by molar-refractivity contribution is 0.208. The summed E-state index contributed by atoms with van der Waals surface area (Å²) in [6.07, 6.45) is 2.75. The van der Waals surface area contributed by atoms with Gasteiger partial charge >= 0.3 is 0 Å². The van der Waals surface area contributed by atoms with Crippen molar-refractivity contribution in [1.82, 2.24) is 0 Å². The fourth-order valence-electron chi connectivity index (χ4n) is 2.70. The molecule has 0 saturated carbocycles. The van der Waals surface area contributed by atoms with Gasteiger partial charge < -0.3 is 14.4 Å². The number of methoxy groups -OCH3 is 1. The van der Waals surface area contributed by atoms with Crippen LogP contribution in [0.2, 0.25) is 5.02 Å². The molecule has 0 aromatic heterocycles. The van der Waals surface area contributed by atoms with E-state index in [1.54, 1.807) is 13.3 Å². The minimum Gasteiger partial charge on any atom is -0.493 e. The van der Waals surface area contributed by atoms with Crippen LogP contribution >= 0.6 is 11.6 Å². The maximum atomic E-state index is 6.41. The second kappa shape index (κ2) is 10.2. The van der Waals surface area contributed by atoms with Crippen LogP contribution in [0.1, 0.15) is 39.7 Å². The molecule has 4 nitrogen and oxygen atoms in total. The molecule has 5 heteroatoms. The van der Waals surface area contributed by atoms with Crippen LogP contribution in [0.4, 0.5) is 11.4 Å². The zero-order chi connectivity index (χ0) is 19.8. The first kappa shape index (κ1) is 21.1. The van der Waals surface area contributed by atoms with Crippen molar-refractivity contribution >= 4 is 29.2 Å². The van der Waals surface area contributed by atoms with Crippen molar-refractivity contribution in [3.8, 4) is 11.5 Å². The van der Waals surface area contributed by atoms with Crippen LogP contribution in [0.5, 0.6) is 11.5 Å². The van der Waals surface area contributed by atoms with E-state index in [-0.39, 0.29) is 6.10 Å². The number of ether oxygens (including phenoxy) is 2. The van der Waals surface area contributed by atoms with Crippen molar-refractivity contribution in [2.45, 2.75) is 40.2 Å². The smallest absolute Gasteiger partial charge is 0.180 e. The van der Waals surface area contributed by atoms with Crippen LogP contribution in [-0.4, -0.2) is 32.5 Å². The van der Waals surface area contributed by atoms with Crippen LogP contribution in [0.3, 0.4) is 0 Å². The Morgan fingerprint density at radius 3 is 2.33 bits per heavy atom. The number of anilines is 1.